The molecular formula is C27H41NO2. The van der Waals surface area contributed by atoms with Crippen molar-refractivity contribution in [2.45, 2.75) is 96.8 Å². The van der Waals surface area contributed by atoms with Crippen molar-refractivity contribution in [2.75, 3.05) is 11.9 Å². The number of nitrogens with one attached hydrogen (secondary N) is 1. The third-order valence-electron chi connectivity index (χ3n) is 5.19. The fourth-order valence-corrected chi connectivity index (χ4v) is 3.44. The predicted molar refractivity (Wildman–Crippen MR) is 129 cm³/mol. The molecular weight excluding hydrogens is 370 g/mol. The highest BCUT2D eigenvalue weighted by atomic mass is 16.4. The van der Waals surface area contributed by atoms with Crippen LogP contribution >= 0.6 is 0 Å². The number of aliphatic carboxylic acids is 1. The average Bonchev–Trinajstić information content (AvgIpc) is 2.75. The van der Waals surface area contributed by atoms with Gasteiger partial charge in [0, 0.05) is 23.7 Å². The SMILES string of the molecule is CCCCCCCC/C=C/CCCCCCCCNc1cccc(C#CC(=O)O)c1. The lowest BCUT2D eigenvalue weighted by atomic mass is 10.1. The average molecular weight is 412 g/mol. The smallest absolute Gasteiger partial charge is 0.382 e. The Morgan fingerprint density at radius 2 is 1.50 bits per heavy atom. The monoisotopic (exact) mass is 411 g/mol. The molecule has 2 N–H and O–H groups in total. The lowest BCUT2D eigenvalue weighted by Gasteiger charge is -2.06. The summed E-state index contributed by atoms with van der Waals surface area (Å²) < 4.78 is 0. The van der Waals surface area contributed by atoms with Crippen molar-refractivity contribution in [3.8, 4) is 11.8 Å². The van der Waals surface area contributed by atoms with E-state index in [0.29, 0.717) is 0 Å². The van der Waals surface area contributed by atoms with Gasteiger partial charge in [-0.3, -0.25) is 0 Å². The number of anilines is 1. The summed E-state index contributed by atoms with van der Waals surface area (Å²) in [5.74, 6) is 3.70. The van der Waals surface area contributed by atoms with Gasteiger partial charge in [-0.2, -0.15) is 0 Å². The summed E-state index contributed by atoms with van der Waals surface area (Å²) in [5.41, 5.74) is 1.73. The fourth-order valence-electron chi connectivity index (χ4n) is 3.44. The van der Waals surface area contributed by atoms with Crippen LogP contribution in [0.25, 0.3) is 0 Å². The van der Waals surface area contributed by atoms with Gasteiger partial charge in [0.25, 0.3) is 0 Å². The molecule has 0 radical (unpaired) electrons. The molecule has 3 nitrogen and oxygen atoms in total. The number of rotatable bonds is 17. The Balaban J connectivity index is 1.92. The lowest BCUT2D eigenvalue weighted by Crippen LogP contribution is -2.01. The highest BCUT2D eigenvalue weighted by molar-refractivity contribution is 5.87. The highest BCUT2D eigenvalue weighted by Gasteiger charge is 1.95. The van der Waals surface area contributed by atoms with Crippen LogP contribution in [-0.2, 0) is 4.79 Å². The molecule has 0 heterocycles. The fraction of sp³-hybridized carbons (Fsp3) is 0.593. The van der Waals surface area contributed by atoms with Crippen LogP contribution in [0.4, 0.5) is 5.69 Å². The molecule has 0 aliphatic rings. The Morgan fingerprint density at radius 3 is 2.13 bits per heavy atom. The zero-order valence-corrected chi connectivity index (χ0v) is 18.9. The molecule has 0 aliphatic heterocycles. The molecule has 0 atom stereocenters. The van der Waals surface area contributed by atoms with Crippen LogP contribution < -0.4 is 5.32 Å². The van der Waals surface area contributed by atoms with E-state index < -0.39 is 5.97 Å². The van der Waals surface area contributed by atoms with Gasteiger partial charge in [0.15, 0.2) is 0 Å². The van der Waals surface area contributed by atoms with Crippen LogP contribution in [0.3, 0.4) is 0 Å². The molecule has 0 spiro atoms. The number of allylic oxidation sites excluding steroid dienone is 2. The summed E-state index contributed by atoms with van der Waals surface area (Å²) >= 11 is 0. The van der Waals surface area contributed by atoms with Gasteiger partial charge >= 0.3 is 5.97 Å². The second-order valence-corrected chi connectivity index (χ2v) is 8.00. The highest BCUT2D eigenvalue weighted by Crippen LogP contribution is 2.12. The minimum absolute atomic E-state index is 0.725. The van der Waals surface area contributed by atoms with Gasteiger partial charge in [0.05, 0.1) is 0 Å². The minimum Gasteiger partial charge on any atom is -0.472 e. The Hall–Kier alpha value is -2.21. The normalized spacial score (nSPS) is 10.7. The van der Waals surface area contributed by atoms with Crippen LogP contribution in [0.5, 0.6) is 0 Å². The Kier molecular flexibility index (Phi) is 16.2. The van der Waals surface area contributed by atoms with Crippen molar-refractivity contribution in [3.05, 3.63) is 42.0 Å². The van der Waals surface area contributed by atoms with E-state index in [4.69, 9.17) is 5.11 Å². The molecule has 1 aromatic carbocycles. The number of hydrogen-bond acceptors (Lipinski definition) is 2. The first-order chi connectivity index (χ1) is 14.7. The zero-order chi connectivity index (χ0) is 21.7. The molecule has 1 aromatic rings. The van der Waals surface area contributed by atoms with Crippen LogP contribution in [0.15, 0.2) is 36.4 Å². The molecule has 0 saturated carbocycles. The molecule has 1 rings (SSSR count). The quantitative estimate of drug-likeness (QED) is 0.158. The molecule has 0 amide bonds. The predicted octanol–water partition coefficient (Wildman–Crippen LogP) is 7.57. The first-order valence-electron chi connectivity index (χ1n) is 12.0. The largest absolute Gasteiger partial charge is 0.472 e. The minimum atomic E-state index is -1.10. The van der Waals surface area contributed by atoms with Crippen LogP contribution in [-0.4, -0.2) is 17.6 Å². The molecule has 0 bridgehead atoms. The van der Waals surface area contributed by atoms with Gasteiger partial charge in [-0.15, -0.1) is 0 Å². The summed E-state index contributed by atoms with van der Waals surface area (Å²) in [6, 6.07) is 7.61. The molecule has 0 aliphatic carbocycles. The number of carboxylic acids is 1. The number of carbonyl (C=O) groups is 1. The molecule has 0 saturated heterocycles. The zero-order valence-electron chi connectivity index (χ0n) is 18.9. The topological polar surface area (TPSA) is 49.3 Å². The molecule has 0 unspecified atom stereocenters. The van der Waals surface area contributed by atoms with Crippen LogP contribution in [0.2, 0.25) is 0 Å². The van der Waals surface area contributed by atoms with Crippen LogP contribution in [0.1, 0.15) is 102 Å². The maximum Gasteiger partial charge on any atom is 0.382 e. The number of unbranched alkanes of at least 4 members (excludes halogenated alkanes) is 12. The summed E-state index contributed by atoms with van der Waals surface area (Å²) in [5, 5.41) is 12.0. The van der Waals surface area contributed by atoms with E-state index in [1.54, 1.807) is 0 Å². The Labute approximate surface area is 184 Å². The van der Waals surface area contributed by atoms with Crippen molar-refractivity contribution in [1.29, 1.82) is 0 Å². The second-order valence-electron chi connectivity index (χ2n) is 8.00. The van der Waals surface area contributed by atoms with Gasteiger partial charge in [-0.25, -0.2) is 4.79 Å². The van der Waals surface area contributed by atoms with E-state index in [1.165, 1.54) is 83.5 Å². The van der Waals surface area contributed by atoms with Crippen LogP contribution in [0, 0.1) is 11.8 Å². The number of benzene rings is 1. The number of carboxylic acid groups (broad SMARTS) is 1. The Morgan fingerprint density at radius 1 is 0.900 bits per heavy atom. The lowest BCUT2D eigenvalue weighted by molar-refractivity contribution is -0.130. The van der Waals surface area contributed by atoms with Gasteiger partial charge in [-0.1, -0.05) is 88.8 Å². The third kappa shape index (κ3) is 15.7. The maximum atomic E-state index is 10.5. The van der Waals surface area contributed by atoms with Gasteiger partial charge in [0.1, 0.15) is 0 Å². The van der Waals surface area contributed by atoms with E-state index in [1.807, 2.05) is 24.3 Å². The third-order valence-corrected chi connectivity index (χ3v) is 5.19. The first kappa shape index (κ1) is 25.8. The first-order valence-corrected chi connectivity index (χ1v) is 12.0. The summed E-state index contributed by atoms with van der Waals surface area (Å²) in [6.45, 7) is 3.21. The van der Waals surface area contributed by atoms with E-state index in [9.17, 15) is 4.79 Å². The molecule has 3 heteroatoms. The summed E-state index contributed by atoms with van der Waals surface area (Å²) in [4.78, 5) is 10.5. The number of hydrogen-bond donors (Lipinski definition) is 2. The second kappa shape index (κ2) is 18.8. The van der Waals surface area contributed by atoms with Crippen molar-refractivity contribution in [1.82, 2.24) is 0 Å². The van der Waals surface area contributed by atoms with E-state index >= 15 is 0 Å². The molecule has 30 heavy (non-hydrogen) atoms. The standard InChI is InChI=1S/C27H41NO2/c1-2-3-4-5-6-7-8-9-10-11-12-13-14-15-16-17-23-28-26-20-18-19-25(24-26)21-22-27(29)30/h9-10,18-20,24,28H,2-8,11-17,23H2,1H3,(H,29,30)/b10-9+. The van der Waals surface area contributed by atoms with E-state index in [2.05, 4.69) is 36.2 Å². The van der Waals surface area contributed by atoms with Gasteiger partial charge in [0.2, 0.25) is 0 Å². The van der Waals surface area contributed by atoms with Crippen molar-refractivity contribution >= 4 is 11.7 Å². The molecule has 0 aromatic heterocycles. The molecule has 0 fully saturated rings. The van der Waals surface area contributed by atoms with E-state index in [-0.39, 0.29) is 0 Å². The van der Waals surface area contributed by atoms with Crippen molar-refractivity contribution < 1.29 is 9.90 Å². The van der Waals surface area contributed by atoms with Gasteiger partial charge < -0.3 is 10.4 Å². The summed E-state index contributed by atoms with van der Waals surface area (Å²) in [6.07, 6.45) is 23.2. The maximum absolute atomic E-state index is 10.5. The van der Waals surface area contributed by atoms with Gasteiger partial charge in [-0.05, 0) is 50.3 Å². The Bertz CT molecular complexity index is 654. The summed E-state index contributed by atoms with van der Waals surface area (Å²) in [7, 11) is 0. The van der Waals surface area contributed by atoms with Crippen molar-refractivity contribution in [3.63, 3.8) is 0 Å². The molecule has 166 valence electrons. The van der Waals surface area contributed by atoms with E-state index in [0.717, 1.165) is 24.2 Å². The van der Waals surface area contributed by atoms with Crippen molar-refractivity contribution in [2.24, 2.45) is 0 Å².